The zero-order valence-corrected chi connectivity index (χ0v) is 27.8. The van der Waals surface area contributed by atoms with Crippen LogP contribution in [0.25, 0.3) is 0 Å². The minimum Gasteiger partial charge on any atom is -0.505 e. The molecule has 3 aliphatic rings. The van der Waals surface area contributed by atoms with Gasteiger partial charge >= 0.3 is 0 Å². The first-order valence-corrected chi connectivity index (χ1v) is 15.6. The summed E-state index contributed by atoms with van der Waals surface area (Å²) in [5.74, 6) is -15.5. The SMILES string of the molecule is CN(C)c1c(Cl)c(NC(=O)C(Br)c2ccc(F)cc2F)c(O)c2c1CC1CC3[C@H](N(C)C)C(=O)C(C(N)=O)C(=O)[C@@]3(O)C(=O)C1C2=O. The molecule has 0 radical (unpaired) electrons. The molecule has 0 spiro atoms. The molecular weight excluding hydrogens is 710 g/mol. The molecule has 47 heavy (non-hydrogen) atoms. The lowest BCUT2D eigenvalue weighted by Crippen LogP contribution is -2.74. The number of phenolic OH excluding ortho intramolecular Hbond substituents is 1. The molecule has 2 aromatic rings. The van der Waals surface area contributed by atoms with Crippen LogP contribution in [0.5, 0.6) is 5.75 Å². The van der Waals surface area contributed by atoms with Crippen LogP contribution in [0, 0.1) is 35.3 Å². The monoisotopic (exact) mass is 738 g/mol. The lowest BCUT2D eigenvalue weighted by atomic mass is 9.52. The number of aliphatic hydroxyl groups is 1. The molecule has 2 fully saturated rings. The zero-order valence-electron chi connectivity index (χ0n) is 25.4. The summed E-state index contributed by atoms with van der Waals surface area (Å²) in [5, 5.41) is 25.4. The summed E-state index contributed by atoms with van der Waals surface area (Å²) in [6, 6.07) is 1.31. The van der Waals surface area contributed by atoms with Crippen molar-refractivity contribution >= 4 is 73.9 Å². The fraction of sp³-hybridized carbons (Fsp3) is 0.419. The van der Waals surface area contributed by atoms with E-state index in [0.29, 0.717) is 6.07 Å². The van der Waals surface area contributed by atoms with Gasteiger partial charge in [0.05, 0.1) is 28.2 Å². The molecule has 5 rings (SSSR count). The number of anilines is 2. The minimum absolute atomic E-state index is 0.0667. The number of carbonyl (C=O) groups is 6. The predicted octanol–water partition coefficient (Wildman–Crippen LogP) is 1.94. The van der Waals surface area contributed by atoms with Crippen LogP contribution in [0.15, 0.2) is 18.2 Å². The molecule has 0 aliphatic heterocycles. The highest BCUT2D eigenvalue weighted by molar-refractivity contribution is 9.09. The van der Waals surface area contributed by atoms with Gasteiger partial charge in [0.1, 0.15) is 22.1 Å². The van der Waals surface area contributed by atoms with Gasteiger partial charge in [0, 0.05) is 31.6 Å². The molecule has 3 aliphatic carbocycles. The van der Waals surface area contributed by atoms with Crippen molar-refractivity contribution < 1.29 is 47.8 Å². The van der Waals surface area contributed by atoms with E-state index in [9.17, 15) is 47.8 Å². The maximum absolute atomic E-state index is 14.4. The first-order valence-electron chi connectivity index (χ1n) is 14.3. The van der Waals surface area contributed by atoms with Crippen LogP contribution in [-0.4, -0.2) is 89.9 Å². The Morgan fingerprint density at radius 2 is 1.77 bits per heavy atom. The van der Waals surface area contributed by atoms with E-state index in [4.69, 9.17) is 17.3 Å². The van der Waals surface area contributed by atoms with Crippen molar-refractivity contribution in [2.75, 3.05) is 38.4 Å². The van der Waals surface area contributed by atoms with Gasteiger partial charge in [-0.1, -0.05) is 33.6 Å². The number of likely N-dealkylation sites (N-methyl/N-ethyl adjacent to an activating group) is 1. The van der Waals surface area contributed by atoms with E-state index in [2.05, 4.69) is 21.2 Å². The topological polar surface area (TPSA) is 187 Å². The van der Waals surface area contributed by atoms with E-state index in [1.165, 1.54) is 23.9 Å². The van der Waals surface area contributed by atoms with Gasteiger partial charge in [-0.25, -0.2) is 8.78 Å². The van der Waals surface area contributed by atoms with Crippen LogP contribution in [0.1, 0.15) is 32.7 Å². The number of phenols is 1. The van der Waals surface area contributed by atoms with Crippen molar-refractivity contribution in [3.05, 3.63) is 51.5 Å². The molecule has 5 unspecified atom stereocenters. The average molecular weight is 740 g/mol. The van der Waals surface area contributed by atoms with Crippen LogP contribution in [0.3, 0.4) is 0 Å². The normalized spacial score (nSPS) is 27.6. The molecule has 16 heteroatoms. The van der Waals surface area contributed by atoms with Gasteiger partial charge < -0.3 is 26.2 Å². The van der Waals surface area contributed by atoms with Crippen molar-refractivity contribution in [1.29, 1.82) is 0 Å². The third kappa shape index (κ3) is 5.14. The molecule has 0 bridgehead atoms. The van der Waals surface area contributed by atoms with E-state index in [1.54, 1.807) is 14.1 Å². The van der Waals surface area contributed by atoms with E-state index < -0.39 is 104 Å². The van der Waals surface area contributed by atoms with Gasteiger partial charge in [0.2, 0.25) is 11.8 Å². The average Bonchev–Trinajstić information content (AvgIpc) is 2.96. The molecule has 0 heterocycles. The van der Waals surface area contributed by atoms with E-state index in [-0.39, 0.29) is 34.7 Å². The Labute approximate surface area is 280 Å². The van der Waals surface area contributed by atoms with Crippen molar-refractivity contribution in [2.24, 2.45) is 29.4 Å². The second-order valence-electron chi connectivity index (χ2n) is 12.4. The van der Waals surface area contributed by atoms with Crippen LogP contribution < -0.4 is 16.0 Å². The highest BCUT2D eigenvalue weighted by Crippen LogP contribution is 2.55. The minimum atomic E-state index is -2.91. The van der Waals surface area contributed by atoms with Crippen molar-refractivity contribution in [2.45, 2.75) is 29.3 Å². The first kappa shape index (κ1) is 34.5. The van der Waals surface area contributed by atoms with Crippen LogP contribution in [0.2, 0.25) is 5.02 Å². The molecule has 0 aromatic heterocycles. The number of nitrogens with two attached hydrogens (primary N) is 1. The highest BCUT2D eigenvalue weighted by atomic mass is 79.9. The number of fused-ring (bicyclic) bond motifs is 3. The Bertz CT molecular complexity index is 1790. The molecule has 2 saturated carbocycles. The summed E-state index contributed by atoms with van der Waals surface area (Å²) in [4.78, 5) is 82.0. The Balaban J connectivity index is 1.62. The van der Waals surface area contributed by atoms with Gasteiger partial charge in [-0.2, -0.15) is 0 Å². The Hall–Kier alpha value is -3.79. The van der Waals surface area contributed by atoms with Crippen LogP contribution in [0.4, 0.5) is 20.2 Å². The van der Waals surface area contributed by atoms with Gasteiger partial charge in [-0.05, 0) is 44.5 Å². The largest absolute Gasteiger partial charge is 0.505 e. The Morgan fingerprint density at radius 1 is 1.13 bits per heavy atom. The van der Waals surface area contributed by atoms with Crippen molar-refractivity contribution in [1.82, 2.24) is 4.90 Å². The first-order chi connectivity index (χ1) is 21.9. The molecule has 2 amide bonds. The summed E-state index contributed by atoms with van der Waals surface area (Å²) in [6.45, 7) is 0. The second kappa shape index (κ2) is 12.0. The lowest BCUT2D eigenvalue weighted by Gasteiger charge is -2.52. The number of primary amides is 1. The van der Waals surface area contributed by atoms with E-state index in [1.807, 2.05) is 0 Å². The Kier molecular flexibility index (Phi) is 8.84. The third-order valence-corrected chi connectivity index (χ3v) is 10.6. The standard InChI is InChI=1S/C31H30BrClF2N4O8/c1-38(2)22-13-7-10-8-14-23(39(3)4)26(42)18(29(36)45)28(44)31(14,47)27(43)16(10)24(40)17(13)25(41)21(20(22)33)37-30(46)19(32)12-6-5-11(34)9-15(12)35/h5-6,9-10,14,16,18-19,23,41,47H,7-8H2,1-4H3,(H2,36,45)(H,37,46)/t10?,14?,16?,18?,19?,23-,31-/m0/s1. The number of aromatic hydroxyl groups is 1. The Morgan fingerprint density at radius 3 is 2.32 bits per heavy atom. The van der Waals surface area contributed by atoms with Crippen molar-refractivity contribution in [3.63, 3.8) is 0 Å². The summed E-state index contributed by atoms with van der Waals surface area (Å²) in [6.07, 6.45) is -0.231. The summed E-state index contributed by atoms with van der Waals surface area (Å²) < 4.78 is 27.9. The lowest BCUT2D eigenvalue weighted by molar-refractivity contribution is -0.181. The number of nitrogens with zero attached hydrogens (tertiary/aromatic N) is 2. The van der Waals surface area contributed by atoms with Crippen LogP contribution in [-0.2, 0) is 30.4 Å². The molecule has 2 aromatic carbocycles. The van der Waals surface area contributed by atoms with Gasteiger partial charge in [0.25, 0.3) is 0 Å². The number of hydrogen-bond donors (Lipinski definition) is 4. The maximum atomic E-state index is 14.4. The van der Waals surface area contributed by atoms with Crippen LogP contribution >= 0.6 is 27.5 Å². The molecule has 0 saturated heterocycles. The maximum Gasteiger partial charge on any atom is 0.242 e. The van der Waals surface area contributed by atoms with Gasteiger partial charge in [-0.15, -0.1) is 0 Å². The quantitative estimate of drug-likeness (QED) is 0.194. The number of benzene rings is 2. The number of carbonyl (C=O) groups excluding carboxylic acids is 6. The third-order valence-electron chi connectivity index (χ3n) is 9.30. The van der Waals surface area contributed by atoms with Gasteiger partial charge in [0.15, 0.2) is 40.4 Å². The van der Waals surface area contributed by atoms with E-state index >= 15 is 0 Å². The fourth-order valence-corrected chi connectivity index (χ4v) is 8.21. The van der Waals surface area contributed by atoms with Gasteiger partial charge in [-0.3, -0.25) is 33.7 Å². The molecule has 5 N–H and O–H groups in total. The number of ketones is 4. The number of nitrogens with one attached hydrogen (secondary N) is 1. The summed E-state index contributed by atoms with van der Waals surface area (Å²) in [7, 11) is 6.12. The molecule has 250 valence electrons. The molecule has 12 nitrogen and oxygen atoms in total. The number of halogens is 4. The smallest absolute Gasteiger partial charge is 0.242 e. The molecule has 7 atom stereocenters. The zero-order chi connectivity index (χ0) is 35.0. The highest BCUT2D eigenvalue weighted by Gasteiger charge is 2.69. The summed E-state index contributed by atoms with van der Waals surface area (Å²) >= 11 is 9.77. The molecular formula is C31H30BrClF2N4O8. The van der Waals surface area contributed by atoms with E-state index in [0.717, 1.165) is 12.1 Å². The number of alkyl halides is 1. The summed E-state index contributed by atoms with van der Waals surface area (Å²) in [5.41, 5.74) is 1.76. The fourth-order valence-electron chi connectivity index (χ4n) is 7.30. The number of amides is 2. The predicted molar refractivity (Wildman–Crippen MR) is 167 cm³/mol. The second-order valence-corrected chi connectivity index (χ2v) is 13.7. The number of hydrogen-bond acceptors (Lipinski definition) is 10. The number of Topliss-reactive ketones (excluding diaryl/α,β-unsaturated/α-hetero) is 4. The van der Waals surface area contributed by atoms with Crippen molar-refractivity contribution in [3.8, 4) is 5.75 Å². The number of rotatable bonds is 6.